The van der Waals surface area contributed by atoms with Crippen molar-refractivity contribution in [3.05, 3.63) is 36.3 Å². The number of H-pyrrole nitrogens is 1. The van der Waals surface area contributed by atoms with Gasteiger partial charge in [0, 0.05) is 23.7 Å². The van der Waals surface area contributed by atoms with E-state index in [1.165, 1.54) is 0 Å². The quantitative estimate of drug-likeness (QED) is 0.750. The van der Waals surface area contributed by atoms with Gasteiger partial charge in [-0.25, -0.2) is 4.98 Å². The molecule has 5 heteroatoms. The summed E-state index contributed by atoms with van der Waals surface area (Å²) in [6.07, 6.45) is 5.41. The first-order chi connectivity index (χ1) is 6.86. The Balaban J connectivity index is 2.02. The average Bonchev–Trinajstić information content (AvgIpc) is 2.69. The number of nitrogens with zero attached hydrogens (tertiary/aromatic N) is 2. The van der Waals surface area contributed by atoms with Crippen molar-refractivity contribution in [2.24, 2.45) is 0 Å². The zero-order valence-electron chi connectivity index (χ0n) is 7.47. The Hall–Kier alpha value is -1.49. The molecule has 0 amide bonds. The molecule has 0 radical (unpaired) electrons. The van der Waals surface area contributed by atoms with Crippen molar-refractivity contribution in [2.75, 3.05) is 5.73 Å². The Kier molecular flexibility index (Phi) is 2.69. The van der Waals surface area contributed by atoms with E-state index in [4.69, 9.17) is 5.73 Å². The van der Waals surface area contributed by atoms with Crippen LogP contribution in [0.2, 0.25) is 0 Å². The van der Waals surface area contributed by atoms with E-state index >= 15 is 0 Å². The lowest BCUT2D eigenvalue weighted by atomic mass is 10.4. The summed E-state index contributed by atoms with van der Waals surface area (Å²) in [4.78, 5) is 4.19. The second-order valence-corrected chi connectivity index (χ2v) is 3.76. The number of rotatable bonds is 3. The van der Waals surface area contributed by atoms with Gasteiger partial charge >= 0.3 is 0 Å². The van der Waals surface area contributed by atoms with Crippen LogP contribution in [0.1, 0.15) is 5.56 Å². The number of nitrogens with one attached hydrogen (secondary N) is 1. The minimum atomic E-state index is 0.723. The fourth-order valence-corrected chi connectivity index (χ4v) is 1.86. The van der Waals surface area contributed by atoms with Gasteiger partial charge in [0.2, 0.25) is 0 Å². The van der Waals surface area contributed by atoms with Crippen molar-refractivity contribution in [2.45, 2.75) is 10.8 Å². The third-order valence-electron chi connectivity index (χ3n) is 1.73. The first-order valence-corrected chi connectivity index (χ1v) is 5.16. The first kappa shape index (κ1) is 9.08. The number of thioether (sulfide) groups is 1. The highest BCUT2D eigenvalue weighted by Crippen LogP contribution is 2.24. The van der Waals surface area contributed by atoms with Gasteiger partial charge in [-0.15, -0.1) is 0 Å². The van der Waals surface area contributed by atoms with Crippen LogP contribution in [0.5, 0.6) is 0 Å². The third kappa shape index (κ3) is 2.05. The summed E-state index contributed by atoms with van der Waals surface area (Å²) in [7, 11) is 0. The first-order valence-electron chi connectivity index (χ1n) is 4.17. The Morgan fingerprint density at radius 3 is 3.14 bits per heavy atom. The predicted molar refractivity (Wildman–Crippen MR) is 56.8 cm³/mol. The van der Waals surface area contributed by atoms with Gasteiger partial charge in [0.15, 0.2) is 0 Å². The standard InChI is InChI=1S/C9H10N4S/c10-8-2-1-3-11-9(8)14-6-7-4-12-13-5-7/h1-5H,6,10H2,(H,12,13). The molecule has 0 aromatic carbocycles. The Labute approximate surface area is 85.9 Å². The van der Waals surface area contributed by atoms with Gasteiger partial charge in [0.25, 0.3) is 0 Å². The van der Waals surface area contributed by atoms with E-state index in [9.17, 15) is 0 Å². The van der Waals surface area contributed by atoms with Crippen LogP contribution in [-0.4, -0.2) is 15.2 Å². The van der Waals surface area contributed by atoms with Gasteiger partial charge in [0.1, 0.15) is 5.03 Å². The molecule has 3 N–H and O–H groups in total. The lowest BCUT2D eigenvalue weighted by Crippen LogP contribution is -1.90. The number of aromatic nitrogens is 3. The van der Waals surface area contributed by atoms with Gasteiger partial charge < -0.3 is 5.73 Å². The number of nitrogen functional groups attached to an aromatic ring is 1. The van der Waals surface area contributed by atoms with Crippen LogP contribution < -0.4 is 5.73 Å². The van der Waals surface area contributed by atoms with Gasteiger partial charge in [-0.2, -0.15) is 5.10 Å². The van der Waals surface area contributed by atoms with Crippen molar-refractivity contribution in [1.82, 2.24) is 15.2 Å². The van der Waals surface area contributed by atoms with Crippen molar-refractivity contribution < 1.29 is 0 Å². The van der Waals surface area contributed by atoms with Crippen LogP contribution in [0.3, 0.4) is 0 Å². The molecule has 0 fully saturated rings. The molecule has 0 aliphatic heterocycles. The molecule has 0 saturated carbocycles. The van der Waals surface area contributed by atoms with E-state index in [0.29, 0.717) is 0 Å². The van der Waals surface area contributed by atoms with Gasteiger partial charge in [0.05, 0.1) is 11.9 Å². The topological polar surface area (TPSA) is 67.6 Å². The van der Waals surface area contributed by atoms with Crippen LogP contribution in [0.4, 0.5) is 5.69 Å². The van der Waals surface area contributed by atoms with Crippen LogP contribution in [0.25, 0.3) is 0 Å². The number of hydrogen-bond acceptors (Lipinski definition) is 4. The van der Waals surface area contributed by atoms with E-state index in [2.05, 4.69) is 15.2 Å². The van der Waals surface area contributed by atoms with Crippen molar-refractivity contribution >= 4 is 17.4 Å². The molecule has 14 heavy (non-hydrogen) atoms. The van der Waals surface area contributed by atoms with Crippen molar-refractivity contribution in [3.8, 4) is 0 Å². The van der Waals surface area contributed by atoms with E-state index < -0.39 is 0 Å². The number of pyridine rings is 1. The SMILES string of the molecule is Nc1cccnc1SCc1cn[nH]c1. The Bertz CT molecular complexity index is 399. The molecule has 2 aromatic rings. The summed E-state index contributed by atoms with van der Waals surface area (Å²) < 4.78 is 0. The molecule has 4 nitrogen and oxygen atoms in total. The number of anilines is 1. The molecular formula is C9H10N4S. The van der Waals surface area contributed by atoms with E-state index in [-0.39, 0.29) is 0 Å². The normalized spacial score (nSPS) is 10.3. The molecular weight excluding hydrogens is 196 g/mol. The number of hydrogen-bond donors (Lipinski definition) is 2. The number of aromatic amines is 1. The molecule has 2 heterocycles. The molecule has 0 spiro atoms. The Morgan fingerprint density at radius 1 is 1.50 bits per heavy atom. The van der Waals surface area contributed by atoms with Gasteiger partial charge in [-0.05, 0) is 12.1 Å². The summed E-state index contributed by atoms with van der Waals surface area (Å²) in [5.41, 5.74) is 7.62. The van der Waals surface area contributed by atoms with Crippen molar-refractivity contribution in [3.63, 3.8) is 0 Å². The highest BCUT2D eigenvalue weighted by molar-refractivity contribution is 7.98. The van der Waals surface area contributed by atoms with Crippen LogP contribution >= 0.6 is 11.8 Å². The minimum Gasteiger partial charge on any atom is -0.397 e. The fraction of sp³-hybridized carbons (Fsp3) is 0.111. The molecule has 72 valence electrons. The summed E-state index contributed by atoms with van der Waals surface area (Å²) in [5.74, 6) is 0.831. The van der Waals surface area contributed by atoms with Crippen LogP contribution in [0, 0.1) is 0 Å². The monoisotopic (exact) mass is 206 g/mol. The zero-order chi connectivity index (χ0) is 9.80. The summed E-state index contributed by atoms with van der Waals surface area (Å²) in [6, 6.07) is 3.68. The molecule has 2 rings (SSSR count). The zero-order valence-corrected chi connectivity index (χ0v) is 8.29. The molecule has 0 unspecified atom stereocenters. The second-order valence-electron chi connectivity index (χ2n) is 2.79. The molecule has 0 aliphatic rings. The van der Waals surface area contributed by atoms with Crippen LogP contribution in [0.15, 0.2) is 35.7 Å². The van der Waals surface area contributed by atoms with E-state index in [0.717, 1.165) is 22.0 Å². The molecule has 0 saturated heterocycles. The lowest BCUT2D eigenvalue weighted by Gasteiger charge is -2.01. The molecule has 0 bridgehead atoms. The molecule has 0 atom stereocenters. The second kappa shape index (κ2) is 4.15. The lowest BCUT2D eigenvalue weighted by molar-refractivity contribution is 1.09. The maximum atomic E-state index is 5.75. The highest BCUT2D eigenvalue weighted by Gasteiger charge is 2.01. The largest absolute Gasteiger partial charge is 0.397 e. The minimum absolute atomic E-state index is 0.723. The summed E-state index contributed by atoms with van der Waals surface area (Å²) in [6.45, 7) is 0. The van der Waals surface area contributed by atoms with Crippen LogP contribution in [-0.2, 0) is 5.75 Å². The summed E-state index contributed by atoms with van der Waals surface area (Å²) in [5, 5.41) is 7.50. The number of nitrogens with two attached hydrogens (primary N) is 1. The summed E-state index contributed by atoms with van der Waals surface area (Å²) >= 11 is 1.61. The third-order valence-corrected chi connectivity index (χ3v) is 2.82. The fourth-order valence-electron chi connectivity index (χ4n) is 1.03. The van der Waals surface area contributed by atoms with Gasteiger partial charge in [-0.1, -0.05) is 11.8 Å². The van der Waals surface area contributed by atoms with Gasteiger partial charge in [-0.3, -0.25) is 5.10 Å². The van der Waals surface area contributed by atoms with Crippen molar-refractivity contribution in [1.29, 1.82) is 0 Å². The molecule has 2 aromatic heterocycles. The predicted octanol–water partition coefficient (Wildman–Crippen LogP) is 1.68. The van der Waals surface area contributed by atoms with E-state index in [1.807, 2.05) is 18.3 Å². The van der Waals surface area contributed by atoms with E-state index in [1.54, 1.807) is 24.2 Å². The smallest absolute Gasteiger partial charge is 0.119 e. The maximum Gasteiger partial charge on any atom is 0.119 e. The molecule has 0 aliphatic carbocycles. The maximum absolute atomic E-state index is 5.75. The highest BCUT2D eigenvalue weighted by atomic mass is 32.2. The average molecular weight is 206 g/mol. The Morgan fingerprint density at radius 2 is 2.43 bits per heavy atom.